The number of hydrogen-bond donors (Lipinski definition) is 4. The zero-order valence-electron chi connectivity index (χ0n) is 30.6. The fourth-order valence-corrected chi connectivity index (χ4v) is 6.42. The molecule has 2 aromatic carbocycles. The Morgan fingerprint density at radius 3 is 1.87 bits per heavy atom. The van der Waals surface area contributed by atoms with E-state index < -0.39 is 5.91 Å². The molecule has 0 spiro atoms. The number of nitrogens with one attached hydrogen (secondary N) is 3. The van der Waals surface area contributed by atoms with Gasteiger partial charge in [0.25, 0.3) is 11.8 Å². The molecule has 6 rings (SSSR count). The molecule has 0 atom stereocenters. The van der Waals surface area contributed by atoms with E-state index in [-0.39, 0.29) is 17.7 Å². The van der Waals surface area contributed by atoms with Crippen LogP contribution in [0.4, 0.5) is 17.6 Å². The fraction of sp³-hybridized carbons (Fsp3) is 0.351. The zero-order chi connectivity index (χ0) is 37.8. The first-order valence-electron chi connectivity index (χ1n) is 17.8. The summed E-state index contributed by atoms with van der Waals surface area (Å²) in [6, 6.07) is 14.0. The van der Waals surface area contributed by atoms with Crippen molar-refractivity contribution >= 4 is 63.3 Å². The van der Waals surface area contributed by atoms with Gasteiger partial charge in [0.05, 0.1) is 33.6 Å². The van der Waals surface area contributed by atoms with Crippen LogP contribution in [0.1, 0.15) is 89.2 Å². The standard InChI is InChI=1S/C37H44N12O4/c1-6-12-31(50)39-25-13-11-14-28-32(25)41-37(43-35(53)30-20-23(5)45-49(30)8-3)47(28)18-10-9-17-46-27-16-15-24(33(38)51)21-26(27)40-36(46)42-34(52)29-19-22(4)44-48(29)7-2/h11,13-16,19-21H,6-10,12,17-18H2,1-5H3,(H2,38,51)(H,39,50)(H,40,42,52)(H,41,43,53). The van der Waals surface area contributed by atoms with Crippen LogP contribution in [-0.2, 0) is 31.0 Å². The van der Waals surface area contributed by atoms with Gasteiger partial charge in [0, 0.05) is 38.2 Å². The normalized spacial score (nSPS) is 11.3. The van der Waals surface area contributed by atoms with Crippen LogP contribution < -0.4 is 21.7 Å². The van der Waals surface area contributed by atoms with Crippen LogP contribution in [0.2, 0.25) is 0 Å². The van der Waals surface area contributed by atoms with E-state index in [1.807, 2.05) is 55.9 Å². The summed E-state index contributed by atoms with van der Waals surface area (Å²) in [5.41, 5.74) is 11.2. The molecule has 4 heterocycles. The minimum Gasteiger partial charge on any atom is -0.366 e. The van der Waals surface area contributed by atoms with Gasteiger partial charge in [-0.05, 0) is 89.4 Å². The number of aromatic nitrogens is 8. The van der Waals surface area contributed by atoms with Crippen molar-refractivity contribution < 1.29 is 19.2 Å². The Morgan fingerprint density at radius 2 is 1.30 bits per heavy atom. The molecule has 276 valence electrons. The molecule has 0 aliphatic carbocycles. The molecule has 0 saturated carbocycles. The van der Waals surface area contributed by atoms with Crippen LogP contribution in [0.15, 0.2) is 48.5 Å². The second-order valence-corrected chi connectivity index (χ2v) is 12.8. The predicted molar refractivity (Wildman–Crippen MR) is 202 cm³/mol. The maximum atomic E-state index is 13.6. The molecule has 4 aromatic heterocycles. The lowest BCUT2D eigenvalue weighted by molar-refractivity contribution is -0.116. The Labute approximate surface area is 305 Å². The van der Waals surface area contributed by atoms with Gasteiger partial charge in [0.2, 0.25) is 23.7 Å². The van der Waals surface area contributed by atoms with E-state index in [4.69, 9.17) is 10.7 Å². The number of nitrogens with zero attached hydrogens (tertiary/aromatic N) is 8. The number of fused-ring (bicyclic) bond motifs is 2. The summed E-state index contributed by atoms with van der Waals surface area (Å²) >= 11 is 0. The van der Waals surface area contributed by atoms with Gasteiger partial charge in [-0.2, -0.15) is 10.2 Å². The highest BCUT2D eigenvalue weighted by atomic mass is 16.2. The van der Waals surface area contributed by atoms with Crippen LogP contribution in [0.3, 0.4) is 0 Å². The number of unbranched alkanes of at least 4 members (excludes halogenated alkanes) is 1. The van der Waals surface area contributed by atoms with Crippen molar-refractivity contribution in [1.82, 2.24) is 38.7 Å². The molecule has 4 amide bonds. The Hall–Kier alpha value is -6.32. The van der Waals surface area contributed by atoms with Crippen LogP contribution in [0.25, 0.3) is 22.1 Å². The molecule has 6 aromatic rings. The second kappa shape index (κ2) is 15.5. The largest absolute Gasteiger partial charge is 0.366 e. The monoisotopic (exact) mass is 720 g/mol. The van der Waals surface area contributed by atoms with E-state index in [2.05, 4.69) is 31.1 Å². The lowest BCUT2D eigenvalue weighted by atomic mass is 10.2. The Balaban J connectivity index is 1.28. The third-order valence-electron chi connectivity index (χ3n) is 8.90. The molecule has 16 nitrogen and oxygen atoms in total. The van der Waals surface area contributed by atoms with E-state index in [0.717, 1.165) is 22.4 Å². The number of carbonyl (C=O) groups excluding carboxylic acids is 4. The lowest BCUT2D eigenvalue weighted by Crippen LogP contribution is -2.20. The van der Waals surface area contributed by atoms with E-state index in [0.29, 0.717) is 97.4 Å². The Bertz CT molecular complexity index is 2340. The van der Waals surface area contributed by atoms with Crippen molar-refractivity contribution in [1.29, 1.82) is 0 Å². The van der Waals surface area contributed by atoms with Crippen molar-refractivity contribution in [3.63, 3.8) is 0 Å². The number of primary amides is 1. The summed E-state index contributed by atoms with van der Waals surface area (Å²) in [5.74, 6) is -0.732. The first-order chi connectivity index (χ1) is 25.5. The fourth-order valence-electron chi connectivity index (χ4n) is 6.42. The molecular formula is C37H44N12O4. The van der Waals surface area contributed by atoms with Crippen LogP contribution in [0.5, 0.6) is 0 Å². The van der Waals surface area contributed by atoms with Crippen molar-refractivity contribution in [2.24, 2.45) is 5.73 Å². The van der Waals surface area contributed by atoms with Crippen molar-refractivity contribution in [2.75, 3.05) is 16.0 Å². The van der Waals surface area contributed by atoms with E-state index in [9.17, 15) is 19.2 Å². The first kappa shape index (κ1) is 36.5. The minimum atomic E-state index is -0.577. The van der Waals surface area contributed by atoms with Crippen LogP contribution >= 0.6 is 0 Å². The predicted octanol–water partition coefficient (Wildman–Crippen LogP) is 5.26. The molecule has 0 aliphatic rings. The average molecular weight is 721 g/mol. The number of nitrogens with two attached hydrogens (primary N) is 1. The minimum absolute atomic E-state index is 0.116. The van der Waals surface area contributed by atoms with E-state index >= 15 is 0 Å². The first-order valence-corrected chi connectivity index (χ1v) is 17.8. The Kier molecular flexibility index (Phi) is 10.7. The number of para-hydroxylation sites is 1. The highest BCUT2D eigenvalue weighted by molar-refractivity contribution is 6.05. The van der Waals surface area contributed by atoms with Crippen molar-refractivity contribution in [3.8, 4) is 0 Å². The molecule has 0 unspecified atom stereocenters. The molecule has 0 aliphatic heterocycles. The number of hydrogen-bond acceptors (Lipinski definition) is 8. The van der Waals surface area contributed by atoms with Gasteiger partial charge in [-0.25, -0.2) is 9.97 Å². The van der Waals surface area contributed by atoms with Gasteiger partial charge in [-0.1, -0.05) is 13.0 Å². The number of imidazole rings is 2. The summed E-state index contributed by atoms with van der Waals surface area (Å²) in [7, 11) is 0. The lowest BCUT2D eigenvalue weighted by Gasteiger charge is -2.13. The molecule has 0 bridgehead atoms. The highest BCUT2D eigenvalue weighted by Crippen LogP contribution is 2.29. The molecular weight excluding hydrogens is 676 g/mol. The quantitative estimate of drug-likeness (QED) is 0.103. The number of anilines is 3. The average Bonchev–Trinajstić information content (AvgIpc) is 3.89. The van der Waals surface area contributed by atoms with Crippen molar-refractivity contribution in [2.45, 2.75) is 86.5 Å². The summed E-state index contributed by atoms with van der Waals surface area (Å²) in [6.07, 6.45) is 2.36. The smallest absolute Gasteiger partial charge is 0.276 e. The topological polar surface area (TPSA) is 202 Å². The number of carbonyl (C=O) groups is 4. The van der Waals surface area contributed by atoms with Gasteiger partial charge in [0.15, 0.2) is 0 Å². The van der Waals surface area contributed by atoms with Gasteiger partial charge in [-0.15, -0.1) is 0 Å². The number of benzene rings is 2. The van der Waals surface area contributed by atoms with Gasteiger partial charge in [0.1, 0.15) is 16.9 Å². The summed E-state index contributed by atoms with van der Waals surface area (Å²) < 4.78 is 7.11. The molecule has 5 N–H and O–H groups in total. The molecule has 16 heteroatoms. The number of amides is 4. The van der Waals surface area contributed by atoms with E-state index in [1.165, 1.54) is 0 Å². The summed E-state index contributed by atoms with van der Waals surface area (Å²) in [5, 5.41) is 17.7. The van der Waals surface area contributed by atoms with Crippen LogP contribution in [-0.4, -0.2) is 62.3 Å². The van der Waals surface area contributed by atoms with Crippen LogP contribution in [0, 0.1) is 13.8 Å². The highest BCUT2D eigenvalue weighted by Gasteiger charge is 2.22. The molecule has 0 fully saturated rings. The second-order valence-electron chi connectivity index (χ2n) is 12.8. The van der Waals surface area contributed by atoms with Gasteiger partial charge in [-0.3, -0.25) is 39.2 Å². The third-order valence-corrected chi connectivity index (χ3v) is 8.90. The molecule has 0 radical (unpaired) electrons. The summed E-state index contributed by atoms with van der Waals surface area (Å²) in [6.45, 7) is 11.4. The number of rotatable bonds is 15. The molecule has 0 saturated heterocycles. The van der Waals surface area contributed by atoms with Gasteiger partial charge < -0.3 is 20.2 Å². The molecule has 53 heavy (non-hydrogen) atoms. The number of aryl methyl sites for hydroxylation is 6. The summed E-state index contributed by atoms with van der Waals surface area (Å²) in [4.78, 5) is 61.0. The van der Waals surface area contributed by atoms with Crippen molar-refractivity contribution in [3.05, 3.63) is 76.9 Å². The van der Waals surface area contributed by atoms with E-state index in [1.54, 1.807) is 45.8 Å². The maximum absolute atomic E-state index is 13.6. The third kappa shape index (κ3) is 7.66. The van der Waals surface area contributed by atoms with Gasteiger partial charge >= 0.3 is 0 Å². The zero-order valence-corrected chi connectivity index (χ0v) is 30.6. The Morgan fingerprint density at radius 1 is 0.717 bits per heavy atom. The SMILES string of the molecule is CCCC(=O)Nc1cccc2c1nc(NC(=O)c1cc(C)nn1CC)n2CCCCn1c(NC(=O)c2cc(C)nn2CC)nc2cc(C(N)=O)ccc21. The maximum Gasteiger partial charge on any atom is 0.276 e.